The number of ether oxygens (including phenoxy) is 1. The van der Waals surface area contributed by atoms with E-state index in [1.165, 1.54) is 0 Å². The second-order valence-electron chi connectivity index (χ2n) is 4.21. The van der Waals surface area contributed by atoms with Gasteiger partial charge in [0.1, 0.15) is 12.1 Å². The van der Waals surface area contributed by atoms with E-state index < -0.39 is 0 Å². The van der Waals surface area contributed by atoms with Crippen LogP contribution in [0.3, 0.4) is 0 Å². The molecule has 0 aliphatic heterocycles. The van der Waals surface area contributed by atoms with Crippen LogP contribution in [-0.2, 0) is 7.05 Å². The molecular formula is C13H18N4OS. The van der Waals surface area contributed by atoms with Crippen LogP contribution in [-0.4, -0.2) is 28.9 Å². The van der Waals surface area contributed by atoms with Crippen molar-refractivity contribution in [2.75, 3.05) is 14.2 Å². The van der Waals surface area contributed by atoms with Crippen LogP contribution in [0.4, 0.5) is 0 Å². The molecule has 6 heteroatoms. The fourth-order valence-corrected chi connectivity index (χ4v) is 2.84. The molecule has 102 valence electrons. The van der Waals surface area contributed by atoms with Crippen molar-refractivity contribution < 1.29 is 4.74 Å². The van der Waals surface area contributed by atoms with Gasteiger partial charge in [-0.05, 0) is 37.9 Å². The minimum absolute atomic E-state index is 0.201. The Morgan fingerprint density at radius 3 is 2.79 bits per heavy atom. The molecule has 1 atom stereocenters. The highest BCUT2D eigenvalue weighted by Gasteiger charge is 2.17. The number of benzene rings is 1. The SMILES string of the molecule is CNC(C)c1c(OC)cccc1Sc1nncn1C. The van der Waals surface area contributed by atoms with Crippen LogP contribution in [0.2, 0.25) is 0 Å². The lowest BCUT2D eigenvalue weighted by atomic mass is 10.1. The molecule has 0 radical (unpaired) electrons. The predicted molar refractivity (Wildman–Crippen MR) is 75.6 cm³/mol. The summed E-state index contributed by atoms with van der Waals surface area (Å²) in [5.41, 5.74) is 1.14. The van der Waals surface area contributed by atoms with E-state index in [-0.39, 0.29) is 6.04 Å². The van der Waals surface area contributed by atoms with Gasteiger partial charge in [-0.15, -0.1) is 10.2 Å². The number of hydrogen-bond donors (Lipinski definition) is 1. The molecule has 19 heavy (non-hydrogen) atoms. The molecule has 1 aromatic carbocycles. The Kier molecular flexibility index (Phi) is 4.44. The first kappa shape index (κ1) is 13.9. The van der Waals surface area contributed by atoms with Crippen molar-refractivity contribution in [3.8, 4) is 5.75 Å². The van der Waals surface area contributed by atoms with Crippen LogP contribution in [0.5, 0.6) is 5.75 Å². The number of aromatic nitrogens is 3. The van der Waals surface area contributed by atoms with Crippen molar-refractivity contribution in [3.05, 3.63) is 30.1 Å². The van der Waals surface area contributed by atoms with Crippen LogP contribution in [0.15, 0.2) is 34.6 Å². The first-order chi connectivity index (χ1) is 9.17. The Morgan fingerprint density at radius 2 is 2.21 bits per heavy atom. The number of nitrogens with one attached hydrogen (secondary N) is 1. The summed E-state index contributed by atoms with van der Waals surface area (Å²) in [6.07, 6.45) is 1.70. The topological polar surface area (TPSA) is 52.0 Å². The van der Waals surface area contributed by atoms with Crippen molar-refractivity contribution in [1.29, 1.82) is 0 Å². The van der Waals surface area contributed by atoms with Crippen molar-refractivity contribution in [1.82, 2.24) is 20.1 Å². The van der Waals surface area contributed by atoms with Gasteiger partial charge in [0, 0.05) is 23.5 Å². The van der Waals surface area contributed by atoms with E-state index in [1.807, 2.05) is 30.8 Å². The summed E-state index contributed by atoms with van der Waals surface area (Å²) in [5, 5.41) is 12.1. The second-order valence-corrected chi connectivity index (χ2v) is 5.22. The van der Waals surface area contributed by atoms with Crippen molar-refractivity contribution in [3.63, 3.8) is 0 Å². The van der Waals surface area contributed by atoms with Gasteiger partial charge in [-0.1, -0.05) is 6.07 Å². The van der Waals surface area contributed by atoms with Crippen molar-refractivity contribution >= 4 is 11.8 Å². The Hall–Kier alpha value is -1.53. The monoisotopic (exact) mass is 278 g/mol. The third-order valence-electron chi connectivity index (χ3n) is 2.98. The molecule has 0 aliphatic carbocycles. The van der Waals surface area contributed by atoms with Crippen molar-refractivity contribution in [2.45, 2.75) is 23.0 Å². The van der Waals surface area contributed by atoms with E-state index in [0.29, 0.717) is 0 Å². The van der Waals surface area contributed by atoms with E-state index in [0.717, 1.165) is 21.4 Å². The van der Waals surface area contributed by atoms with E-state index >= 15 is 0 Å². The van der Waals surface area contributed by atoms with Crippen LogP contribution in [0.1, 0.15) is 18.5 Å². The van der Waals surface area contributed by atoms with Gasteiger partial charge in [0.25, 0.3) is 0 Å². The molecule has 0 saturated heterocycles. The molecule has 2 rings (SSSR count). The summed E-state index contributed by atoms with van der Waals surface area (Å²) in [5.74, 6) is 0.883. The maximum atomic E-state index is 5.46. The summed E-state index contributed by atoms with van der Waals surface area (Å²) >= 11 is 1.59. The van der Waals surface area contributed by atoms with Gasteiger partial charge in [-0.2, -0.15) is 0 Å². The lowest BCUT2D eigenvalue weighted by Crippen LogP contribution is -2.14. The molecule has 0 aliphatic rings. The zero-order valence-corrected chi connectivity index (χ0v) is 12.4. The molecule has 0 spiro atoms. The normalized spacial score (nSPS) is 12.4. The quantitative estimate of drug-likeness (QED) is 0.909. The van der Waals surface area contributed by atoms with E-state index in [2.05, 4.69) is 28.5 Å². The second kappa shape index (κ2) is 6.08. The first-order valence-corrected chi connectivity index (χ1v) is 6.85. The third kappa shape index (κ3) is 2.90. The maximum Gasteiger partial charge on any atom is 0.195 e. The van der Waals surface area contributed by atoms with Crippen molar-refractivity contribution in [2.24, 2.45) is 7.05 Å². The molecule has 1 aromatic heterocycles. The third-order valence-corrected chi connectivity index (χ3v) is 4.11. The average molecular weight is 278 g/mol. The van der Waals surface area contributed by atoms with Gasteiger partial charge in [0.05, 0.1) is 7.11 Å². The number of methoxy groups -OCH3 is 1. The van der Waals surface area contributed by atoms with E-state index in [4.69, 9.17) is 4.74 Å². The number of nitrogens with zero attached hydrogens (tertiary/aromatic N) is 3. The first-order valence-electron chi connectivity index (χ1n) is 6.03. The molecule has 1 heterocycles. The highest BCUT2D eigenvalue weighted by Crippen LogP contribution is 2.37. The predicted octanol–water partition coefficient (Wildman–Crippen LogP) is 2.26. The highest BCUT2D eigenvalue weighted by atomic mass is 32.2. The Balaban J connectivity index is 2.42. The molecule has 0 saturated carbocycles. The molecule has 2 aromatic rings. The summed E-state index contributed by atoms with van der Waals surface area (Å²) in [6, 6.07) is 6.24. The Bertz CT molecular complexity index is 555. The van der Waals surface area contributed by atoms with Gasteiger partial charge >= 0.3 is 0 Å². The minimum atomic E-state index is 0.201. The smallest absolute Gasteiger partial charge is 0.195 e. The molecule has 0 amide bonds. The molecule has 0 bridgehead atoms. The fourth-order valence-electron chi connectivity index (χ4n) is 1.83. The van der Waals surface area contributed by atoms with Crippen LogP contribution < -0.4 is 10.1 Å². The molecule has 1 N–H and O–H groups in total. The number of hydrogen-bond acceptors (Lipinski definition) is 5. The number of aryl methyl sites for hydroxylation is 1. The molecule has 5 nitrogen and oxygen atoms in total. The van der Waals surface area contributed by atoms with Crippen LogP contribution >= 0.6 is 11.8 Å². The molecule has 1 unspecified atom stereocenters. The lowest BCUT2D eigenvalue weighted by molar-refractivity contribution is 0.401. The Labute approximate surface area is 117 Å². The Morgan fingerprint density at radius 1 is 1.42 bits per heavy atom. The van der Waals surface area contributed by atoms with Gasteiger partial charge < -0.3 is 14.6 Å². The van der Waals surface area contributed by atoms with Gasteiger partial charge in [-0.25, -0.2) is 0 Å². The van der Waals surface area contributed by atoms with Crippen LogP contribution in [0.25, 0.3) is 0 Å². The van der Waals surface area contributed by atoms with E-state index in [1.54, 1.807) is 25.2 Å². The standard InChI is InChI=1S/C13H18N4OS/c1-9(14-2)12-10(18-4)6-5-7-11(12)19-13-16-15-8-17(13)3/h5-9,14H,1-4H3. The fraction of sp³-hybridized carbons (Fsp3) is 0.385. The number of rotatable bonds is 5. The van der Waals surface area contributed by atoms with Crippen LogP contribution in [0, 0.1) is 0 Å². The maximum absolute atomic E-state index is 5.46. The van der Waals surface area contributed by atoms with Gasteiger partial charge in [0.2, 0.25) is 0 Å². The molecule has 0 fully saturated rings. The lowest BCUT2D eigenvalue weighted by Gasteiger charge is -2.18. The summed E-state index contributed by atoms with van der Waals surface area (Å²) in [7, 11) is 5.57. The average Bonchev–Trinajstić information content (AvgIpc) is 2.83. The summed E-state index contributed by atoms with van der Waals surface area (Å²) in [6.45, 7) is 2.11. The zero-order chi connectivity index (χ0) is 13.8. The van der Waals surface area contributed by atoms with Gasteiger partial charge in [0.15, 0.2) is 5.16 Å². The van der Waals surface area contributed by atoms with E-state index in [9.17, 15) is 0 Å². The molecular weight excluding hydrogens is 260 g/mol. The zero-order valence-electron chi connectivity index (χ0n) is 11.5. The van der Waals surface area contributed by atoms with Gasteiger partial charge in [-0.3, -0.25) is 0 Å². The largest absolute Gasteiger partial charge is 0.496 e. The minimum Gasteiger partial charge on any atom is -0.496 e. The summed E-state index contributed by atoms with van der Waals surface area (Å²) < 4.78 is 7.36. The highest BCUT2D eigenvalue weighted by molar-refractivity contribution is 7.99. The summed E-state index contributed by atoms with van der Waals surface area (Å²) in [4.78, 5) is 1.12.